The molecule has 0 aromatic carbocycles. The third-order valence-electron chi connectivity index (χ3n) is 3.46. The molecule has 0 saturated carbocycles. The van der Waals surface area contributed by atoms with Gasteiger partial charge in [0.05, 0.1) is 40.1 Å². The van der Waals surface area contributed by atoms with Gasteiger partial charge >= 0.3 is 6.09 Å². The van der Waals surface area contributed by atoms with Crippen LogP contribution in [0.2, 0.25) is 0 Å². The Morgan fingerprint density at radius 3 is 1.86 bits per heavy atom. The number of rotatable bonds is 18. The topological polar surface area (TPSA) is 150 Å². The predicted octanol–water partition coefficient (Wildman–Crippen LogP) is -0.551. The second-order valence-corrected chi connectivity index (χ2v) is 5.77. The molecule has 0 aliphatic heterocycles. The van der Waals surface area contributed by atoms with Gasteiger partial charge < -0.3 is 35.0 Å². The van der Waals surface area contributed by atoms with E-state index in [1.807, 2.05) is 0 Å². The molecule has 0 aromatic heterocycles. The lowest BCUT2D eigenvalue weighted by molar-refractivity contribution is -0.122. The number of hydrogen-bond donors (Lipinski definition) is 4. The molecule has 0 aliphatic carbocycles. The predicted molar refractivity (Wildman–Crippen MR) is 101 cm³/mol. The van der Waals surface area contributed by atoms with Crippen LogP contribution in [-0.2, 0) is 28.6 Å². The van der Waals surface area contributed by atoms with Crippen LogP contribution < -0.4 is 21.8 Å². The third kappa shape index (κ3) is 18.8. The highest BCUT2D eigenvalue weighted by molar-refractivity contribution is 5.78. The van der Waals surface area contributed by atoms with Crippen LogP contribution in [0.5, 0.6) is 0 Å². The Morgan fingerprint density at radius 1 is 0.714 bits per heavy atom. The summed E-state index contributed by atoms with van der Waals surface area (Å²) in [5.74, 6) is 4.73. The van der Waals surface area contributed by atoms with Crippen molar-refractivity contribution >= 4 is 17.9 Å². The summed E-state index contributed by atoms with van der Waals surface area (Å²) in [7, 11) is 1.29. The van der Waals surface area contributed by atoms with Gasteiger partial charge in [-0.3, -0.25) is 9.59 Å². The van der Waals surface area contributed by atoms with Crippen LogP contribution in [0, 0.1) is 0 Å². The van der Waals surface area contributed by atoms with Crippen molar-refractivity contribution in [3.63, 3.8) is 0 Å². The smallest absolute Gasteiger partial charge is 0.406 e. The molecule has 28 heavy (non-hydrogen) atoms. The van der Waals surface area contributed by atoms with Crippen molar-refractivity contribution < 1.29 is 33.4 Å². The van der Waals surface area contributed by atoms with Gasteiger partial charge in [-0.2, -0.15) is 0 Å². The molecule has 0 heterocycles. The van der Waals surface area contributed by atoms with E-state index in [4.69, 9.17) is 15.4 Å². The number of amides is 3. The van der Waals surface area contributed by atoms with Gasteiger partial charge in [0.15, 0.2) is 0 Å². The molecule has 0 spiro atoms. The third-order valence-corrected chi connectivity index (χ3v) is 3.46. The molecule has 0 aliphatic rings. The molecular weight excluding hydrogens is 372 g/mol. The fourth-order valence-electron chi connectivity index (χ4n) is 2.01. The number of alkyl carbamates (subject to hydrolysis) is 1. The van der Waals surface area contributed by atoms with Gasteiger partial charge in [-0.05, 0) is 19.3 Å². The first-order valence-electron chi connectivity index (χ1n) is 9.42. The molecule has 0 saturated heterocycles. The fourth-order valence-corrected chi connectivity index (χ4v) is 2.01. The Hall–Kier alpha value is -1.95. The second kappa shape index (κ2) is 19.8. The SMILES string of the molecule is COC(=O)NCCOCCOCCNC(=O)CCCC(=O)NCCCCON. The Labute approximate surface area is 165 Å². The number of ether oxygens (including phenoxy) is 3. The first kappa shape index (κ1) is 26.1. The summed E-state index contributed by atoms with van der Waals surface area (Å²) in [5.41, 5.74) is 0. The average molecular weight is 406 g/mol. The largest absolute Gasteiger partial charge is 0.453 e. The first-order valence-corrected chi connectivity index (χ1v) is 9.42. The molecule has 11 nitrogen and oxygen atoms in total. The molecular formula is C17H34N4O7. The monoisotopic (exact) mass is 406 g/mol. The molecule has 0 atom stereocenters. The first-order chi connectivity index (χ1) is 13.6. The van der Waals surface area contributed by atoms with Gasteiger partial charge in [0.2, 0.25) is 11.8 Å². The number of carbonyl (C=O) groups excluding carboxylic acids is 3. The maximum atomic E-state index is 11.7. The zero-order valence-electron chi connectivity index (χ0n) is 16.6. The maximum Gasteiger partial charge on any atom is 0.406 e. The quantitative estimate of drug-likeness (QED) is 0.175. The summed E-state index contributed by atoms with van der Waals surface area (Å²) in [4.78, 5) is 38.4. The van der Waals surface area contributed by atoms with Crippen LogP contribution in [0.3, 0.4) is 0 Å². The van der Waals surface area contributed by atoms with Crippen molar-refractivity contribution in [3.8, 4) is 0 Å². The van der Waals surface area contributed by atoms with Crippen molar-refractivity contribution in [2.24, 2.45) is 5.90 Å². The van der Waals surface area contributed by atoms with E-state index >= 15 is 0 Å². The second-order valence-electron chi connectivity index (χ2n) is 5.77. The summed E-state index contributed by atoms with van der Waals surface area (Å²) in [5, 5.41) is 8.00. The summed E-state index contributed by atoms with van der Waals surface area (Å²) in [6.07, 6.45) is 2.21. The Kier molecular flexibility index (Phi) is 18.4. The van der Waals surface area contributed by atoms with E-state index in [2.05, 4.69) is 25.5 Å². The minimum Gasteiger partial charge on any atom is -0.453 e. The summed E-state index contributed by atoms with van der Waals surface area (Å²) in [6.45, 7) is 3.35. The summed E-state index contributed by atoms with van der Waals surface area (Å²) < 4.78 is 15.0. The van der Waals surface area contributed by atoms with E-state index in [0.29, 0.717) is 71.9 Å². The van der Waals surface area contributed by atoms with E-state index in [1.54, 1.807) is 0 Å². The van der Waals surface area contributed by atoms with Crippen molar-refractivity contribution in [3.05, 3.63) is 0 Å². The molecule has 3 amide bonds. The number of nitrogens with one attached hydrogen (secondary N) is 3. The van der Waals surface area contributed by atoms with Crippen LogP contribution in [-0.4, -0.2) is 77.7 Å². The lowest BCUT2D eigenvalue weighted by atomic mass is 10.2. The zero-order chi connectivity index (χ0) is 20.9. The van der Waals surface area contributed by atoms with E-state index in [0.717, 1.165) is 12.8 Å². The normalized spacial score (nSPS) is 10.4. The molecule has 0 aromatic rings. The number of methoxy groups -OCH3 is 1. The lowest BCUT2D eigenvalue weighted by Gasteiger charge is -2.08. The van der Waals surface area contributed by atoms with Gasteiger partial charge in [0.25, 0.3) is 0 Å². The van der Waals surface area contributed by atoms with Crippen LogP contribution >= 0.6 is 0 Å². The van der Waals surface area contributed by atoms with Gasteiger partial charge in [-0.1, -0.05) is 0 Å². The minimum atomic E-state index is -0.495. The van der Waals surface area contributed by atoms with Gasteiger partial charge in [0.1, 0.15) is 0 Å². The number of unbranched alkanes of at least 4 members (excludes halogenated alkanes) is 1. The van der Waals surface area contributed by atoms with Crippen LogP contribution in [0.4, 0.5) is 4.79 Å². The highest BCUT2D eigenvalue weighted by atomic mass is 16.6. The number of carbonyl (C=O) groups is 3. The zero-order valence-corrected chi connectivity index (χ0v) is 16.6. The van der Waals surface area contributed by atoms with Crippen molar-refractivity contribution in [2.45, 2.75) is 32.1 Å². The molecule has 11 heteroatoms. The molecule has 5 N–H and O–H groups in total. The van der Waals surface area contributed by atoms with E-state index in [-0.39, 0.29) is 11.8 Å². The van der Waals surface area contributed by atoms with Crippen LogP contribution in [0.25, 0.3) is 0 Å². The number of nitrogens with two attached hydrogens (primary N) is 1. The van der Waals surface area contributed by atoms with E-state index in [9.17, 15) is 14.4 Å². The van der Waals surface area contributed by atoms with Crippen molar-refractivity contribution in [1.82, 2.24) is 16.0 Å². The molecule has 164 valence electrons. The molecule has 0 bridgehead atoms. The van der Waals surface area contributed by atoms with Gasteiger partial charge in [0, 0.05) is 32.5 Å². The molecule has 0 radical (unpaired) electrons. The summed E-state index contributed by atoms with van der Waals surface area (Å²) >= 11 is 0. The highest BCUT2D eigenvalue weighted by Gasteiger charge is 2.04. The minimum absolute atomic E-state index is 0.0633. The summed E-state index contributed by atoms with van der Waals surface area (Å²) in [6, 6.07) is 0. The molecule has 0 rings (SSSR count). The Morgan fingerprint density at radius 2 is 1.29 bits per heavy atom. The maximum absolute atomic E-state index is 11.7. The average Bonchev–Trinajstić information content (AvgIpc) is 2.69. The van der Waals surface area contributed by atoms with Crippen molar-refractivity contribution in [2.75, 3.05) is 59.8 Å². The van der Waals surface area contributed by atoms with Crippen LogP contribution in [0.15, 0.2) is 0 Å². The van der Waals surface area contributed by atoms with Gasteiger partial charge in [-0.25, -0.2) is 10.7 Å². The highest BCUT2D eigenvalue weighted by Crippen LogP contribution is 1.96. The van der Waals surface area contributed by atoms with Crippen molar-refractivity contribution in [1.29, 1.82) is 0 Å². The van der Waals surface area contributed by atoms with Crippen LogP contribution in [0.1, 0.15) is 32.1 Å². The Balaban J connectivity index is 3.33. The fraction of sp³-hybridized carbons (Fsp3) is 0.824. The van der Waals surface area contributed by atoms with E-state index in [1.165, 1.54) is 7.11 Å². The van der Waals surface area contributed by atoms with Gasteiger partial charge in [-0.15, -0.1) is 0 Å². The number of hydrogen-bond acceptors (Lipinski definition) is 8. The Bertz CT molecular complexity index is 424. The standard InChI is InChI=1S/C17H34N4O7/c1-25-17(24)21-9-12-27-14-13-26-11-8-20-16(23)6-4-5-15(22)19-7-2-3-10-28-18/h2-14,18H2,1H3,(H,19,22)(H,20,23)(H,21,24). The molecule has 0 unspecified atom stereocenters. The van der Waals surface area contributed by atoms with E-state index < -0.39 is 6.09 Å². The lowest BCUT2D eigenvalue weighted by Crippen LogP contribution is -2.29. The molecule has 0 fully saturated rings.